The molecule has 0 amide bonds. The number of carbonyl (C=O) groups is 1. The third-order valence-electron chi connectivity index (χ3n) is 1.93. The number of benzene rings is 1. The van der Waals surface area contributed by atoms with E-state index in [9.17, 15) is 17.6 Å². The van der Waals surface area contributed by atoms with E-state index in [1.807, 2.05) is 4.72 Å². The van der Waals surface area contributed by atoms with Crippen LogP contribution in [0, 0.1) is 5.82 Å². The van der Waals surface area contributed by atoms with Gasteiger partial charge in [0.1, 0.15) is 5.82 Å². The molecule has 0 spiro atoms. The average molecular weight is 262 g/mol. The van der Waals surface area contributed by atoms with Gasteiger partial charge >= 0.3 is 16.2 Å². The Hall–Kier alpha value is -1.67. The molecule has 0 bridgehead atoms. The maximum atomic E-state index is 12.8. The Balaban J connectivity index is 3.20. The SMILES string of the molecule is CN(C)S(=O)(=O)Nc1ccc(F)cc1C(=O)O. The molecule has 6 nitrogen and oxygen atoms in total. The first-order valence-electron chi connectivity index (χ1n) is 4.47. The van der Waals surface area contributed by atoms with Crippen LogP contribution in [0.2, 0.25) is 0 Å². The standard InChI is InChI=1S/C9H11FN2O4S/c1-12(2)17(15,16)11-8-4-3-6(10)5-7(8)9(13)14/h3-5,11H,1-2H3,(H,13,14). The number of nitrogens with zero attached hydrogens (tertiary/aromatic N) is 1. The summed E-state index contributed by atoms with van der Waals surface area (Å²) < 4.78 is 38.7. The number of halogens is 1. The van der Waals surface area contributed by atoms with Crippen LogP contribution in [0.25, 0.3) is 0 Å². The van der Waals surface area contributed by atoms with Gasteiger partial charge in [-0.1, -0.05) is 0 Å². The number of hydrogen-bond donors (Lipinski definition) is 2. The highest BCUT2D eigenvalue weighted by molar-refractivity contribution is 7.90. The third kappa shape index (κ3) is 3.14. The highest BCUT2D eigenvalue weighted by Crippen LogP contribution is 2.18. The number of carboxylic acid groups (broad SMARTS) is 1. The highest BCUT2D eigenvalue weighted by atomic mass is 32.2. The van der Waals surface area contributed by atoms with E-state index in [-0.39, 0.29) is 5.69 Å². The van der Waals surface area contributed by atoms with Crippen LogP contribution in [0.3, 0.4) is 0 Å². The summed E-state index contributed by atoms with van der Waals surface area (Å²) in [4.78, 5) is 10.8. The lowest BCUT2D eigenvalue weighted by Crippen LogP contribution is -2.29. The van der Waals surface area contributed by atoms with Crippen LogP contribution in [-0.2, 0) is 10.2 Å². The van der Waals surface area contributed by atoms with Gasteiger partial charge in [-0.2, -0.15) is 12.7 Å². The summed E-state index contributed by atoms with van der Waals surface area (Å²) in [5.74, 6) is -2.17. The largest absolute Gasteiger partial charge is 0.478 e. The molecule has 0 saturated carbocycles. The molecular weight excluding hydrogens is 251 g/mol. The Labute approximate surface area is 97.9 Å². The van der Waals surface area contributed by atoms with Crippen molar-refractivity contribution in [3.8, 4) is 0 Å². The lowest BCUT2D eigenvalue weighted by molar-refractivity contribution is 0.0697. The summed E-state index contributed by atoms with van der Waals surface area (Å²) in [6, 6.07) is 2.77. The first kappa shape index (κ1) is 13.4. The monoisotopic (exact) mass is 262 g/mol. The number of aromatic carboxylic acids is 1. The number of carboxylic acids is 1. The Kier molecular flexibility index (Phi) is 3.69. The van der Waals surface area contributed by atoms with Gasteiger partial charge < -0.3 is 5.11 Å². The van der Waals surface area contributed by atoms with Crippen molar-refractivity contribution in [1.29, 1.82) is 0 Å². The number of rotatable bonds is 4. The fourth-order valence-corrected chi connectivity index (χ4v) is 1.65. The summed E-state index contributed by atoms with van der Waals surface area (Å²) in [7, 11) is -1.25. The topological polar surface area (TPSA) is 86.7 Å². The molecule has 0 aromatic heterocycles. The maximum absolute atomic E-state index is 12.8. The minimum absolute atomic E-state index is 0.187. The predicted octanol–water partition coefficient (Wildman–Crippen LogP) is 0.742. The van der Waals surface area contributed by atoms with Crippen molar-refractivity contribution >= 4 is 21.9 Å². The van der Waals surface area contributed by atoms with E-state index in [0.29, 0.717) is 0 Å². The van der Waals surface area contributed by atoms with Crippen LogP contribution in [-0.4, -0.2) is 37.9 Å². The Bertz CT molecular complexity index is 542. The van der Waals surface area contributed by atoms with Gasteiger partial charge in [-0.3, -0.25) is 4.72 Å². The van der Waals surface area contributed by atoms with Crippen molar-refractivity contribution < 1.29 is 22.7 Å². The molecular formula is C9H11FN2O4S. The molecule has 1 aromatic rings. The predicted molar refractivity (Wildman–Crippen MR) is 59.6 cm³/mol. The van der Waals surface area contributed by atoms with E-state index in [4.69, 9.17) is 5.11 Å². The first-order chi connectivity index (χ1) is 7.74. The van der Waals surface area contributed by atoms with E-state index in [1.54, 1.807) is 0 Å². The van der Waals surface area contributed by atoms with Gasteiger partial charge in [0.15, 0.2) is 0 Å². The molecule has 0 atom stereocenters. The van der Waals surface area contributed by atoms with E-state index in [0.717, 1.165) is 22.5 Å². The van der Waals surface area contributed by atoms with Crippen molar-refractivity contribution in [2.45, 2.75) is 0 Å². The lowest BCUT2D eigenvalue weighted by atomic mass is 10.2. The first-order valence-corrected chi connectivity index (χ1v) is 5.91. The zero-order chi connectivity index (χ0) is 13.2. The molecule has 2 N–H and O–H groups in total. The number of nitrogens with one attached hydrogen (secondary N) is 1. The van der Waals surface area contributed by atoms with Crippen molar-refractivity contribution in [3.63, 3.8) is 0 Å². The zero-order valence-electron chi connectivity index (χ0n) is 9.14. The van der Waals surface area contributed by atoms with Gasteiger partial charge in [0.25, 0.3) is 0 Å². The minimum Gasteiger partial charge on any atom is -0.478 e. The zero-order valence-corrected chi connectivity index (χ0v) is 9.95. The highest BCUT2D eigenvalue weighted by Gasteiger charge is 2.18. The molecule has 0 aliphatic carbocycles. The fourth-order valence-electron chi connectivity index (χ4n) is 1.01. The lowest BCUT2D eigenvalue weighted by Gasteiger charge is -2.14. The van der Waals surface area contributed by atoms with Gasteiger partial charge in [0.05, 0.1) is 11.3 Å². The van der Waals surface area contributed by atoms with Crippen LogP contribution in [0.4, 0.5) is 10.1 Å². The van der Waals surface area contributed by atoms with E-state index < -0.39 is 27.6 Å². The molecule has 0 unspecified atom stereocenters. The van der Waals surface area contributed by atoms with Crippen molar-refractivity contribution in [2.75, 3.05) is 18.8 Å². The molecule has 0 aliphatic heterocycles. The van der Waals surface area contributed by atoms with Crippen molar-refractivity contribution in [2.24, 2.45) is 0 Å². The third-order valence-corrected chi connectivity index (χ3v) is 3.37. The van der Waals surface area contributed by atoms with Crippen LogP contribution < -0.4 is 4.72 Å². The summed E-state index contributed by atoms with van der Waals surface area (Å²) in [5.41, 5.74) is -0.636. The molecule has 0 aliphatic rings. The Morgan fingerprint density at radius 1 is 1.41 bits per heavy atom. The molecule has 8 heteroatoms. The fraction of sp³-hybridized carbons (Fsp3) is 0.222. The van der Waals surface area contributed by atoms with Crippen molar-refractivity contribution in [1.82, 2.24) is 4.31 Å². The molecule has 0 heterocycles. The molecule has 1 rings (SSSR count). The van der Waals surface area contributed by atoms with Crippen molar-refractivity contribution in [3.05, 3.63) is 29.6 Å². The van der Waals surface area contributed by atoms with Gasteiger partial charge in [0.2, 0.25) is 0 Å². The summed E-state index contributed by atoms with van der Waals surface area (Å²) >= 11 is 0. The number of hydrogen-bond acceptors (Lipinski definition) is 3. The molecule has 0 saturated heterocycles. The van der Waals surface area contributed by atoms with Crippen LogP contribution in [0.15, 0.2) is 18.2 Å². The average Bonchev–Trinajstić information content (AvgIpc) is 2.19. The summed E-state index contributed by atoms with van der Waals surface area (Å²) in [6.07, 6.45) is 0. The van der Waals surface area contributed by atoms with Gasteiger partial charge in [0, 0.05) is 14.1 Å². The Morgan fingerprint density at radius 2 is 2.00 bits per heavy atom. The van der Waals surface area contributed by atoms with Gasteiger partial charge in [-0.15, -0.1) is 0 Å². The second-order valence-corrected chi connectivity index (χ2v) is 5.27. The minimum atomic E-state index is -3.82. The maximum Gasteiger partial charge on any atom is 0.337 e. The molecule has 0 fully saturated rings. The smallest absolute Gasteiger partial charge is 0.337 e. The molecule has 0 radical (unpaired) electrons. The van der Waals surface area contributed by atoms with Crippen LogP contribution in [0.5, 0.6) is 0 Å². The summed E-state index contributed by atoms with van der Waals surface area (Å²) in [6.45, 7) is 0. The normalized spacial score (nSPS) is 11.5. The van der Waals surface area contributed by atoms with Crippen LogP contribution in [0.1, 0.15) is 10.4 Å². The van der Waals surface area contributed by atoms with E-state index in [1.165, 1.54) is 14.1 Å². The van der Waals surface area contributed by atoms with Gasteiger partial charge in [-0.25, -0.2) is 9.18 Å². The Morgan fingerprint density at radius 3 is 2.47 bits per heavy atom. The second kappa shape index (κ2) is 4.68. The quantitative estimate of drug-likeness (QED) is 0.838. The molecule has 1 aromatic carbocycles. The van der Waals surface area contributed by atoms with E-state index >= 15 is 0 Å². The number of anilines is 1. The second-order valence-electron chi connectivity index (χ2n) is 3.38. The van der Waals surface area contributed by atoms with Crippen LogP contribution >= 0.6 is 0 Å². The summed E-state index contributed by atoms with van der Waals surface area (Å²) in [5, 5.41) is 8.81. The van der Waals surface area contributed by atoms with E-state index in [2.05, 4.69) is 0 Å². The molecule has 17 heavy (non-hydrogen) atoms. The molecule has 94 valence electrons. The van der Waals surface area contributed by atoms with Gasteiger partial charge in [-0.05, 0) is 18.2 Å².